The summed E-state index contributed by atoms with van der Waals surface area (Å²) in [5, 5.41) is 14.4. The Kier molecular flexibility index (Phi) is 6.79. The highest BCUT2D eigenvalue weighted by atomic mass is 32.2. The van der Waals surface area contributed by atoms with Gasteiger partial charge in [0.05, 0.1) is 29.2 Å². The third-order valence-corrected chi connectivity index (χ3v) is 5.14. The van der Waals surface area contributed by atoms with Crippen LogP contribution in [0, 0.1) is 10.1 Å². The normalized spacial score (nSPS) is 12.5. The quantitative estimate of drug-likeness (QED) is 0.386. The van der Waals surface area contributed by atoms with Crippen molar-refractivity contribution in [1.29, 1.82) is 0 Å². The van der Waals surface area contributed by atoms with Crippen molar-refractivity contribution in [3.05, 3.63) is 64.2 Å². The smallest absolute Gasteiger partial charge is 0.269 e. The average Bonchev–Trinajstić information content (AvgIpc) is 2.68. The first-order chi connectivity index (χ1) is 13.2. The van der Waals surface area contributed by atoms with E-state index in [1.54, 1.807) is 31.4 Å². The van der Waals surface area contributed by atoms with Crippen LogP contribution >= 0.6 is 0 Å². The van der Waals surface area contributed by atoms with E-state index in [1.807, 2.05) is 0 Å². The zero-order valence-corrected chi connectivity index (χ0v) is 15.8. The van der Waals surface area contributed by atoms with Gasteiger partial charge in [0, 0.05) is 12.1 Å². The molecule has 11 heteroatoms. The number of hydrogen-bond acceptors (Lipinski definition) is 7. The van der Waals surface area contributed by atoms with Gasteiger partial charge >= 0.3 is 0 Å². The molecule has 2 N–H and O–H groups in total. The van der Waals surface area contributed by atoms with Crippen molar-refractivity contribution in [2.75, 3.05) is 7.11 Å². The summed E-state index contributed by atoms with van der Waals surface area (Å²) in [4.78, 5) is 21.8. The summed E-state index contributed by atoms with van der Waals surface area (Å²) in [6.07, 6.45) is 1.40. The highest BCUT2D eigenvalue weighted by Gasteiger charge is 2.22. The van der Waals surface area contributed by atoms with Crippen molar-refractivity contribution in [2.24, 2.45) is 5.10 Å². The molecular weight excluding hydrogens is 388 g/mol. The Morgan fingerprint density at radius 1 is 1.18 bits per heavy atom. The maximum Gasteiger partial charge on any atom is 0.269 e. The third kappa shape index (κ3) is 5.59. The molecule has 0 aromatic heterocycles. The molecule has 28 heavy (non-hydrogen) atoms. The number of nitrogens with one attached hydrogen (secondary N) is 2. The molecule has 2 rings (SSSR count). The second-order valence-corrected chi connectivity index (χ2v) is 7.32. The number of hydrazone groups is 1. The first-order valence-corrected chi connectivity index (χ1v) is 9.45. The van der Waals surface area contributed by atoms with Crippen molar-refractivity contribution < 1.29 is 22.9 Å². The summed E-state index contributed by atoms with van der Waals surface area (Å²) >= 11 is 0. The van der Waals surface area contributed by atoms with Crippen LogP contribution in [0.2, 0.25) is 0 Å². The molecule has 2 aromatic carbocycles. The lowest BCUT2D eigenvalue weighted by atomic mass is 10.2. The Bertz CT molecular complexity index is 972. The van der Waals surface area contributed by atoms with E-state index < -0.39 is 26.9 Å². The highest BCUT2D eigenvalue weighted by Crippen LogP contribution is 2.16. The van der Waals surface area contributed by atoms with Crippen LogP contribution in [0.3, 0.4) is 0 Å². The number of ether oxygens (including phenoxy) is 1. The molecule has 0 bridgehead atoms. The number of nitro benzene ring substituents is 1. The fraction of sp³-hybridized carbons (Fsp3) is 0.176. The molecule has 0 spiro atoms. The number of carbonyl (C=O) groups excluding carboxylic acids is 1. The van der Waals surface area contributed by atoms with Crippen LogP contribution in [0.1, 0.15) is 12.5 Å². The van der Waals surface area contributed by atoms with Gasteiger partial charge in [-0.1, -0.05) is 0 Å². The molecular formula is C17H18N4O6S. The molecule has 0 saturated carbocycles. The minimum absolute atomic E-state index is 0.195. The standard InChI is InChI=1S/C17H18N4O6S/c1-12(17(22)19-18-11-13-3-7-15(27-2)8-4-13)20-28(25,26)16-9-5-14(6-10-16)21(23)24/h3-12,20H,1-2H3,(H,19,22). The zero-order chi connectivity index (χ0) is 20.7. The van der Waals surface area contributed by atoms with E-state index in [2.05, 4.69) is 15.2 Å². The molecule has 0 aliphatic carbocycles. The average molecular weight is 406 g/mol. The van der Waals surface area contributed by atoms with Gasteiger partial charge in [0.2, 0.25) is 10.0 Å². The Labute approximate surface area is 161 Å². The van der Waals surface area contributed by atoms with E-state index in [1.165, 1.54) is 13.1 Å². The molecule has 1 unspecified atom stereocenters. The Morgan fingerprint density at radius 2 is 1.79 bits per heavy atom. The summed E-state index contributed by atoms with van der Waals surface area (Å²) in [7, 11) is -2.49. The van der Waals surface area contributed by atoms with Crippen molar-refractivity contribution in [2.45, 2.75) is 17.9 Å². The number of nitro groups is 1. The number of methoxy groups -OCH3 is 1. The molecule has 148 valence electrons. The Morgan fingerprint density at radius 3 is 2.32 bits per heavy atom. The summed E-state index contributed by atoms with van der Waals surface area (Å²) in [6.45, 7) is 1.35. The van der Waals surface area contributed by atoms with Gasteiger partial charge in [-0.15, -0.1) is 0 Å². The molecule has 0 aliphatic heterocycles. The van der Waals surface area contributed by atoms with Crippen molar-refractivity contribution in [1.82, 2.24) is 10.1 Å². The number of amides is 1. The van der Waals surface area contributed by atoms with Crippen molar-refractivity contribution in [3.8, 4) is 5.75 Å². The first kappa shape index (κ1) is 21.0. The number of sulfonamides is 1. The van der Waals surface area contributed by atoms with E-state index in [0.717, 1.165) is 24.3 Å². The number of benzene rings is 2. The largest absolute Gasteiger partial charge is 0.497 e. The van der Waals surface area contributed by atoms with Crippen molar-refractivity contribution >= 4 is 27.8 Å². The number of rotatable bonds is 8. The lowest BCUT2D eigenvalue weighted by Gasteiger charge is -2.12. The Balaban J connectivity index is 1.96. The molecule has 2 aromatic rings. The van der Waals surface area contributed by atoms with Crippen LogP contribution in [0.4, 0.5) is 5.69 Å². The lowest BCUT2D eigenvalue weighted by molar-refractivity contribution is -0.384. The second-order valence-electron chi connectivity index (χ2n) is 5.60. The van der Waals surface area contributed by atoms with E-state index in [0.29, 0.717) is 11.3 Å². The van der Waals surface area contributed by atoms with E-state index >= 15 is 0 Å². The van der Waals surface area contributed by atoms with E-state index in [9.17, 15) is 23.3 Å². The van der Waals surface area contributed by atoms with Crippen LogP contribution in [-0.2, 0) is 14.8 Å². The molecule has 0 aliphatic rings. The molecule has 0 saturated heterocycles. The molecule has 0 fully saturated rings. The van der Waals surface area contributed by atoms with Gasteiger partial charge in [-0.25, -0.2) is 13.8 Å². The van der Waals surface area contributed by atoms with Gasteiger partial charge in [0.15, 0.2) is 0 Å². The summed E-state index contributed by atoms with van der Waals surface area (Å²) in [5.41, 5.74) is 2.71. The van der Waals surface area contributed by atoms with Crippen LogP contribution < -0.4 is 14.9 Å². The van der Waals surface area contributed by atoms with E-state index in [-0.39, 0.29) is 10.6 Å². The highest BCUT2D eigenvalue weighted by molar-refractivity contribution is 7.89. The van der Waals surface area contributed by atoms with Gasteiger partial charge in [-0.05, 0) is 48.9 Å². The third-order valence-electron chi connectivity index (χ3n) is 3.59. The number of carbonyl (C=O) groups is 1. The van der Waals surface area contributed by atoms with Gasteiger partial charge in [0.25, 0.3) is 11.6 Å². The molecule has 10 nitrogen and oxygen atoms in total. The van der Waals surface area contributed by atoms with Gasteiger partial charge in [0.1, 0.15) is 5.75 Å². The van der Waals surface area contributed by atoms with Crippen LogP contribution in [0.25, 0.3) is 0 Å². The monoisotopic (exact) mass is 406 g/mol. The van der Waals surface area contributed by atoms with Crippen LogP contribution in [0.15, 0.2) is 58.5 Å². The zero-order valence-electron chi connectivity index (χ0n) is 15.0. The fourth-order valence-corrected chi connectivity index (χ4v) is 3.26. The van der Waals surface area contributed by atoms with Crippen molar-refractivity contribution in [3.63, 3.8) is 0 Å². The maximum absolute atomic E-state index is 12.3. The summed E-state index contributed by atoms with van der Waals surface area (Å²) < 4.78 is 31.8. The number of hydrogen-bond donors (Lipinski definition) is 2. The number of nitrogens with zero attached hydrogens (tertiary/aromatic N) is 2. The molecule has 1 atom stereocenters. The minimum Gasteiger partial charge on any atom is -0.497 e. The molecule has 1 amide bonds. The minimum atomic E-state index is -4.03. The first-order valence-electron chi connectivity index (χ1n) is 7.96. The van der Waals surface area contributed by atoms with E-state index in [4.69, 9.17) is 4.74 Å². The Hall–Kier alpha value is -3.31. The van der Waals surface area contributed by atoms with Crippen LogP contribution in [-0.4, -0.2) is 38.6 Å². The molecule has 0 heterocycles. The number of non-ortho nitro benzene ring substituents is 1. The topological polar surface area (TPSA) is 140 Å². The SMILES string of the molecule is COc1ccc(C=NNC(=O)C(C)NS(=O)(=O)c2ccc([N+](=O)[O-])cc2)cc1. The van der Waals surface area contributed by atoms with Gasteiger partial charge < -0.3 is 4.74 Å². The van der Waals surface area contributed by atoms with Gasteiger partial charge in [-0.3, -0.25) is 14.9 Å². The second kappa shape index (κ2) is 9.06. The maximum atomic E-state index is 12.3. The molecule has 0 radical (unpaired) electrons. The van der Waals surface area contributed by atoms with Gasteiger partial charge in [-0.2, -0.15) is 9.82 Å². The summed E-state index contributed by atoms with van der Waals surface area (Å²) in [5.74, 6) is 0.00528. The fourth-order valence-electron chi connectivity index (χ4n) is 2.06. The van der Waals surface area contributed by atoms with Crippen LogP contribution in [0.5, 0.6) is 5.75 Å². The predicted octanol–water partition coefficient (Wildman–Crippen LogP) is 1.42. The summed E-state index contributed by atoms with van der Waals surface area (Å²) in [6, 6.07) is 10.1. The lowest BCUT2D eigenvalue weighted by Crippen LogP contribution is -2.43. The predicted molar refractivity (Wildman–Crippen MR) is 102 cm³/mol.